The maximum absolute atomic E-state index is 13.0. The summed E-state index contributed by atoms with van der Waals surface area (Å²) in [6.45, 7) is 5.48. The molecular weight excluding hydrogens is 424 g/mol. The first-order valence-electron chi connectivity index (χ1n) is 10.0. The molecule has 30 heavy (non-hydrogen) atoms. The molecule has 1 saturated heterocycles. The van der Waals surface area contributed by atoms with Gasteiger partial charge in [-0.1, -0.05) is 35.9 Å². The van der Waals surface area contributed by atoms with Gasteiger partial charge in [0.25, 0.3) is 0 Å². The molecule has 0 bridgehead atoms. The summed E-state index contributed by atoms with van der Waals surface area (Å²) in [5.74, 6) is 0.624. The molecule has 2 aromatic rings. The van der Waals surface area contributed by atoms with Gasteiger partial charge in [-0.3, -0.25) is 4.79 Å². The van der Waals surface area contributed by atoms with E-state index in [1.54, 1.807) is 30.0 Å². The Balaban J connectivity index is 1.48. The summed E-state index contributed by atoms with van der Waals surface area (Å²) in [5, 5.41) is 0.546. The second-order valence-electron chi connectivity index (χ2n) is 7.44. The zero-order valence-electron chi connectivity index (χ0n) is 17.3. The van der Waals surface area contributed by atoms with Crippen LogP contribution in [0.3, 0.4) is 0 Å². The normalized spacial score (nSPS) is 15.2. The molecule has 0 N–H and O–H groups in total. The molecule has 1 aliphatic heterocycles. The van der Waals surface area contributed by atoms with E-state index in [0.717, 1.165) is 11.1 Å². The Morgan fingerprint density at radius 1 is 1.07 bits per heavy atom. The quantitative estimate of drug-likeness (QED) is 0.604. The molecule has 1 amide bonds. The van der Waals surface area contributed by atoms with Crippen LogP contribution in [0.1, 0.15) is 24.0 Å². The number of hydrogen-bond donors (Lipinski definition) is 0. The highest BCUT2D eigenvalue weighted by Crippen LogP contribution is 2.24. The van der Waals surface area contributed by atoms with Crippen molar-refractivity contribution in [2.24, 2.45) is 0 Å². The fourth-order valence-electron chi connectivity index (χ4n) is 3.43. The lowest BCUT2D eigenvalue weighted by Crippen LogP contribution is -2.50. The second-order valence-corrected chi connectivity index (χ2v) is 9.75. The van der Waals surface area contributed by atoms with Gasteiger partial charge in [-0.2, -0.15) is 4.31 Å². The minimum atomic E-state index is -3.56. The van der Waals surface area contributed by atoms with Crippen LogP contribution in [0.2, 0.25) is 5.02 Å². The van der Waals surface area contributed by atoms with Crippen LogP contribution in [-0.2, 0) is 14.8 Å². The van der Waals surface area contributed by atoms with E-state index in [4.69, 9.17) is 16.3 Å². The van der Waals surface area contributed by atoms with Gasteiger partial charge in [-0.25, -0.2) is 8.42 Å². The number of carbonyl (C=O) groups excluding carboxylic acids is 1. The monoisotopic (exact) mass is 450 g/mol. The first-order chi connectivity index (χ1) is 14.3. The zero-order chi connectivity index (χ0) is 21.7. The van der Waals surface area contributed by atoms with E-state index in [1.165, 1.54) is 4.31 Å². The first-order valence-corrected chi connectivity index (χ1v) is 11.8. The Labute approximate surface area is 183 Å². The Morgan fingerprint density at radius 2 is 1.77 bits per heavy atom. The van der Waals surface area contributed by atoms with Gasteiger partial charge in [0.05, 0.1) is 16.5 Å². The Morgan fingerprint density at radius 3 is 2.47 bits per heavy atom. The maximum Gasteiger partial charge on any atom is 0.243 e. The summed E-state index contributed by atoms with van der Waals surface area (Å²) in [6, 6.07) is 12.7. The lowest BCUT2D eigenvalue weighted by atomic mass is 10.2. The van der Waals surface area contributed by atoms with Gasteiger partial charge in [0, 0.05) is 32.6 Å². The number of amides is 1. The number of nitrogens with zero attached hydrogens (tertiary/aromatic N) is 2. The molecule has 1 aliphatic rings. The van der Waals surface area contributed by atoms with Crippen LogP contribution < -0.4 is 4.74 Å². The van der Waals surface area contributed by atoms with Crippen LogP contribution in [0, 0.1) is 13.8 Å². The number of para-hydroxylation sites is 1. The van der Waals surface area contributed by atoms with E-state index >= 15 is 0 Å². The molecule has 6 nitrogen and oxygen atoms in total. The van der Waals surface area contributed by atoms with Crippen LogP contribution in [0.15, 0.2) is 47.4 Å². The van der Waals surface area contributed by atoms with Crippen molar-refractivity contribution in [3.05, 3.63) is 58.6 Å². The lowest BCUT2D eigenvalue weighted by molar-refractivity contribution is -0.132. The van der Waals surface area contributed by atoms with Crippen LogP contribution >= 0.6 is 11.6 Å². The van der Waals surface area contributed by atoms with Gasteiger partial charge in [-0.05, 0) is 49.6 Å². The highest BCUT2D eigenvalue weighted by atomic mass is 35.5. The standard InChI is InChI=1S/C22H27ClN2O4S/c1-17-9-10-18(2)21(16-17)30(27,28)25-13-11-24(12-14-25)22(26)8-5-15-29-20-7-4-3-6-19(20)23/h3-4,6-7,9-10,16H,5,8,11-15H2,1-2H3. The number of benzene rings is 2. The van der Waals surface area contributed by atoms with Gasteiger partial charge < -0.3 is 9.64 Å². The molecule has 162 valence electrons. The summed E-state index contributed by atoms with van der Waals surface area (Å²) in [4.78, 5) is 14.6. The SMILES string of the molecule is Cc1ccc(C)c(S(=O)(=O)N2CCN(C(=O)CCCOc3ccccc3Cl)CC2)c1. The first kappa shape index (κ1) is 22.6. The predicted octanol–water partition coefficient (Wildman–Crippen LogP) is 3.65. The highest BCUT2D eigenvalue weighted by Gasteiger charge is 2.30. The average Bonchev–Trinajstić information content (AvgIpc) is 2.74. The Bertz CT molecular complexity index is 1000. The Hall–Kier alpha value is -2.09. The number of piperazine rings is 1. The van der Waals surface area contributed by atoms with Crippen molar-refractivity contribution in [2.45, 2.75) is 31.6 Å². The smallest absolute Gasteiger partial charge is 0.243 e. The average molecular weight is 451 g/mol. The maximum atomic E-state index is 13.0. The third-order valence-corrected chi connectivity index (χ3v) is 7.53. The van der Waals surface area contributed by atoms with Crippen LogP contribution in [-0.4, -0.2) is 56.3 Å². The molecule has 3 rings (SSSR count). The fraction of sp³-hybridized carbons (Fsp3) is 0.409. The van der Waals surface area contributed by atoms with Gasteiger partial charge in [0.1, 0.15) is 5.75 Å². The minimum Gasteiger partial charge on any atom is -0.492 e. The molecule has 8 heteroatoms. The van der Waals surface area contributed by atoms with Crippen LogP contribution in [0.4, 0.5) is 0 Å². The number of aryl methyl sites for hydroxylation is 2. The molecule has 1 fully saturated rings. The van der Waals surface area contributed by atoms with E-state index in [1.807, 2.05) is 31.2 Å². The summed E-state index contributed by atoms with van der Waals surface area (Å²) < 4.78 is 33.1. The summed E-state index contributed by atoms with van der Waals surface area (Å²) >= 11 is 6.05. The molecule has 0 aliphatic carbocycles. The number of halogens is 1. The lowest BCUT2D eigenvalue weighted by Gasteiger charge is -2.34. The molecule has 0 saturated carbocycles. The predicted molar refractivity (Wildman–Crippen MR) is 117 cm³/mol. The third kappa shape index (κ3) is 5.33. The molecule has 0 spiro atoms. The van der Waals surface area contributed by atoms with Crippen molar-refractivity contribution in [2.75, 3.05) is 32.8 Å². The van der Waals surface area contributed by atoms with Crippen molar-refractivity contribution in [3.8, 4) is 5.75 Å². The second kappa shape index (κ2) is 9.81. The minimum absolute atomic E-state index is 0.0153. The molecule has 2 aromatic carbocycles. The number of sulfonamides is 1. The van der Waals surface area contributed by atoms with Gasteiger partial charge in [0.2, 0.25) is 15.9 Å². The highest BCUT2D eigenvalue weighted by molar-refractivity contribution is 7.89. The van der Waals surface area contributed by atoms with Crippen molar-refractivity contribution in [1.29, 1.82) is 0 Å². The molecule has 1 heterocycles. The van der Waals surface area contributed by atoms with Crippen LogP contribution in [0.25, 0.3) is 0 Å². The van der Waals surface area contributed by atoms with E-state index in [0.29, 0.717) is 61.3 Å². The molecular formula is C22H27ClN2O4S. The van der Waals surface area contributed by atoms with E-state index in [-0.39, 0.29) is 5.91 Å². The summed E-state index contributed by atoms with van der Waals surface area (Å²) in [7, 11) is -3.56. The molecule has 0 unspecified atom stereocenters. The molecule has 0 aromatic heterocycles. The van der Waals surface area contributed by atoms with Crippen molar-refractivity contribution >= 4 is 27.5 Å². The Kier molecular flexibility index (Phi) is 7.39. The zero-order valence-corrected chi connectivity index (χ0v) is 18.9. The number of hydrogen-bond acceptors (Lipinski definition) is 4. The van der Waals surface area contributed by atoms with Crippen molar-refractivity contribution < 1.29 is 17.9 Å². The van der Waals surface area contributed by atoms with E-state index in [9.17, 15) is 13.2 Å². The fourth-order valence-corrected chi connectivity index (χ4v) is 5.35. The summed E-state index contributed by atoms with van der Waals surface area (Å²) in [5.41, 5.74) is 1.64. The van der Waals surface area contributed by atoms with Gasteiger partial charge in [0.15, 0.2) is 0 Å². The largest absolute Gasteiger partial charge is 0.492 e. The van der Waals surface area contributed by atoms with Crippen molar-refractivity contribution in [1.82, 2.24) is 9.21 Å². The number of rotatable bonds is 7. The molecule has 0 atom stereocenters. The number of ether oxygens (including phenoxy) is 1. The number of carbonyl (C=O) groups is 1. The topological polar surface area (TPSA) is 66.9 Å². The van der Waals surface area contributed by atoms with E-state index in [2.05, 4.69) is 0 Å². The van der Waals surface area contributed by atoms with Gasteiger partial charge >= 0.3 is 0 Å². The van der Waals surface area contributed by atoms with Crippen LogP contribution in [0.5, 0.6) is 5.75 Å². The molecule has 0 radical (unpaired) electrons. The van der Waals surface area contributed by atoms with Crippen molar-refractivity contribution in [3.63, 3.8) is 0 Å². The van der Waals surface area contributed by atoms with Gasteiger partial charge in [-0.15, -0.1) is 0 Å². The summed E-state index contributed by atoms with van der Waals surface area (Å²) in [6.07, 6.45) is 0.930. The third-order valence-electron chi connectivity index (χ3n) is 5.18. The van der Waals surface area contributed by atoms with E-state index < -0.39 is 10.0 Å².